The van der Waals surface area contributed by atoms with Crippen LogP contribution in [-0.2, 0) is 4.74 Å². The highest BCUT2D eigenvalue weighted by Gasteiger charge is 2.22. The Morgan fingerprint density at radius 2 is 2.00 bits per heavy atom. The summed E-state index contributed by atoms with van der Waals surface area (Å²) in [5, 5.41) is 3.61. The van der Waals surface area contributed by atoms with Gasteiger partial charge in [-0.2, -0.15) is 0 Å². The summed E-state index contributed by atoms with van der Waals surface area (Å²) in [4.78, 5) is 21.2. The molecule has 4 rings (SSSR count). The number of primary amides is 1. The van der Waals surface area contributed by atoms with E-state index in [2.05, 4.69) is 27.1 Å². The van der Waals surface area contributed by atoms with Gasteiger partial charge in [0.25, 0.3) is 5.91 Å². The van der Waals surface area contributed by atoms with E-state index >= 15 is 0 Å². The van der Waals surface area contributed by atoms with Crippen molar-refractivity contribution in [3.63, 3.8) is 0 Å². The number of anilines is 3. The summed E-state index contributed by atoms with van der Waals surface area (Å²) >= 11 is 5.96. The molecule has 0 unspecified atom stereocenters. The number of pyridine rings is 1. The molecule has 3 aromatic rings. The molecule has 8 nitrogen and oxygen atoms in total. The molecule has 2 aromatic carbocycles. The van der Waals surface area contributed by atoms with Crippen LogP contribution >= 0.6 is 11.6 Å². The normalized spacial score (nSPS) is 14.4. The Labute approximate surface area is 202 Å². The van der Waals surface area contributed by atoms with Crippen LogP contribution in [0.3, 0.4) is 0 Å². The highest BCUT2D eigenvalue weighted by molar-refractivity contribution is 6.31. The highest BCUT2D eigenvalue weighted by Crippen LogP contribution is 2.39. The van der Waals surface area contributed by atoms with Gasteiger partial charge < -0.3 is 30.3 Å². The third-order valence-electron chi connectivity index (χ3n) is 5.81. The van der Waals surface area contributed by atoms with E-state index in [0.29, 0.717) is 35.6 Å². The van der Waals surface area contributed by atoms with Crippen molar-refractivity contribution in [1.82, 2.24) is 9.88 Å². The van der Waals surface area contributed by atoms with Gasteiger partial charge in [-0.05, 0) is 25.2 Å². The molecule has 10 heteroatoms. The third kappa shape index (κ3) is 5.01. The van der Waals surface area contributed by atoms with Crippen LogP contribution in [0.4, 0.5) is 21.5 Å². The number of fused-ring (bicyclic) bond motifs is 1. The zero-order valence-corrected chi connectivity index (χ0v) is 19.9. The topological polar surface area (TPSA) is 92.9 Å². The monoisotopic (exact) mass is 487 g/mol. The van der Waals surface area contributed by atoms with Gasteiger partial charge in [-0.15, -0.1) is 0 Å². The Balaban J connectivity index is 1.86. The number of piperazine rings is 1. The molecular weight excluding hydrogens is 461 g/mol. The van der Waals surface area contributed by atoms with Crippen molar-refractivity contribution in [2.75, 3.05) is 63.8 Å². The molecule has 0 aliphatic carbocycles. The van der Waals surface area contributed by atoms with Crippen LogP contribution in [0.1, 0.15) is 10.4 Å². The number of nitrogens with zero attached hydrogens (tertiary/aromatic N) is 3. The average molecular weight is 488 g/mol. The number of benzene rings is 2. The lowest BCUT2D eigenvalue weighted by atomic mass is 10.1. The molecule has 180 valence electrons. The van der Waals surface area contributed by atoms with E-state index in [1.54, 1.807) is 19.2 Å². The number of nitrogens with two attached hydrogens (primary N) is 1. The van der Waals surface area contributed by atoms with Gasteiger partial charge in [0, 0.05) is 50.9 Å². The molecular formula is C24H27ClFN5O3. The SMILES string of the molecule is COCCOc1cc2ncc(C(N)=O)c(Nc3cccc(Cl)c3F)c2cc1N1CCN(C)CC1. The summed E-state index contributed by atoms with van der Waals surface area (Å²) in [6, 6.07) is 8.35. The predicted molar refractivity (Wildman–Crippen MR) is 132 cm³/mol. The minimum atomic E-state index is -0.680. The molecule has 0 spiro atoms. The number of amides is 1. The number of hydrogen-bond donors (Lipinski definition) is 2. The summed E-state index contributed by atoms with van der Waals surface area (Å²) in [5.74, 6) is -0.641. The van der Waals surface area contributed by atoms with Crippen molar-refractivity contribution in [3.8, 4) is 5.75 Å². The van der Waals surface area contributed by atoms with E-state index in [0.717, 1.165) is 31.9 Å². The standard InChI is InChI=1S/C24H27ClFN5O3/c1-30-6-8-31(9-7-30)20-12-15-19(13-21(20)34-11-10-33-2)28-14-16(24(27)32)23(15)29-18-5-3-4-17(25)22(18)26/h3-5,12-14H,6-11H2,1-2H3,(H2,27,32)(H,28,29). The maximum absolute atomic E-state index is 14.7. The van der Waals surface area contributed by atoms with E-state index in [1.165, 1.54) is 12.3 Å². The summed E-state index contributed by atoms with van der Waals surface area (Å²) in [7, 11) is 3.70. The van der Waals surface area contributed by atoms with Crippen molar-refractivity contribution in [2.45, 2.75) is 0 Å². The second-order valence-electron chi connectivity index (χ2n) is 8.11. The minimum absolute atomic E-state index is 0.0315. The van der Waals surface area contributed by atoms with Crippen molar-refractivity contribution >= 4 is 45.5 Å². The number of carbonyl (C=O) groups is 1. The number of likely N-dealkylation sites (N-methyl/N-ethyl adjacent to an activating group) is 1. The highest BCUT2D eigenvalue weighted by atomic mass is 35.5. The molecule has 0 atom stereocenters. The van der Waals surface area contributed by atoms with Crippen LogP contribution in [0, 0.1) is 5.82 Å². The molecule has 1 aliphatic heterocycles. The van der Waals surface area contributed by atoms with Crippen molar-refractivity contribution in [3.05, 3.63) is 52.9 Å². The first kappa shape index (κ1) is 24.0. The zero-order chi connectivity index (χ0) is 24.2. The number of methoxy groups -OCH3 is 1. The summed E-state index contributed by atoms with van der Waals surface area (Å²) in [5.41, 5.74) is 7.70. The molecule has 3 N–H and O–H groups in total. The van der Waals surface area contributed by atoms with E-state index in [9.17, 15) is 9.18 Å². The first-order valence-electron chi connectivity index (χ1n) is 10.9. The lowest BCUT2D eigenvalue weighted by Gasteiger charge is -2.35. The van der Waals surface area contributed by atoms with Crippen LogP contribution in [-0.4, -0.2) is 69.3 Å². The Bertz CT molecular complexity index is 1200. The summed E-state index contributed by atoms with van der Waals surface area (Å²) < 4.78 is 25.9. The first-order valence-corrected chi connectivity index (χ1v) is 11.3. The van der Waals surface area contributed by atoms with Gasteiger partial charge >= 0.3 is 0 Å². The molecule has 1 aromatic heterocycles. The number of rotatable bonds is 8. The largest absolute Gasteiger partial charge is 0.489 e. The van der Waals surface area contributed by atoms with Crippen LogP contribution in [0.25, 0.3) is 10.9 Å². The molecule has 1 saturated heterocycles. The molecule has 2 heterocycles. The molecule has 0 saturated carbocycles. The fourth-order valence-electron chi connectivity index (χ4n) is 3.91. The molecule has 0 radical (unpaired) electrons. The maximum Gasteiger partial charge on any atom is 0.252 e. The van der Waals surface area contributed by atoms with Crippen LogP contribution in [0.2, 0.25) is 5.02 Å². The van der Waals surface area contributed by atoms with Gasteiger partial charge in [-0.1, -0.05) is 17.7 Å². The first-order chi connectivity index (χ1) is 16.4. The Morgan fingerprint density at radius 3 is 2.71 bits per heavy atom. The Kier molecular flexibility index (Phi) is 7.35. The van der Waals surface area contributed by atoms with Crippen LogP contribution in [0.5, 0.6) is 5.75 Å². The van der Waals surface area contributed by atoms with E-state index in [-0.39, 0.29) is 16.3 Å². The van der Waals surface area contributed by atoms with Crippen molar-refractivity contribution < 1.29 is 18.7 Å². The second-order valence-corrected chi connectivity index (χ2v) is 8.51. The van der Waals surface area contributed by atoms with Gasteiger partial charge in [0.05, 0.1) is 39.8 Å². The van der Waals surface area contributed by atoms with Crippen molar-refractivity contribution in [2.24, 2.45) is 5.73 Å². The van der Waals surface area contributed by atoms with Gasteiger partial charge in [0.15, 0.2) is 5.82 Å². The Morgan fingerprint density at radius 1 is 1.24 bits per heavy atom. The second kappa shape index (κ2) is 10.4. The smallest absolute Gasteiger partial charge is 0.252 e. The van der Waals surface area contributed by atoms with Gasteiger partial charge in [-0.25, -0.2) is 4.39 Å². The fraction of sp³-hybridized carbons (Fsp3) is 0.333. The van der Waals surface area contributed by atoms with Gasteiger partial charge in [-0.3, -0.25) is 9.78 Å². The molecule has 1 amide bonds. The number of ether oxygens (including phenoxy) is 2. The molecule has 0 bridgehead atoms. The number of halogens is 2. The lowest BCUT2D eigenvalue weighted by Crippen LogP contribution is -2.44. The number of carbonyl (C=O) groups excluding carboxylic acids is 1. The quantitative estimate of drug-likeness (QED) is 0.468. The van der Waals surface area contributed by atoms with Gasteiger partial charge in [0.2, 0.25) is 0 Å². The maximum atomic E-state index is 14.7. The van der Waals surface area contributed by atoms with E-state index in [1.807, 2.05) is 12.1 Å². The fourth-order valence-corrected chi connectivity index (χ4v) is 4.08. The van der Waals surface area contributed by atoms with Crippen LogP contribution < -0.4 is 20.7 Å². The predicted octanol–water partition coefficient (Wildman–Crippen LogP) is 3.65. The summed E-state index contributed by atoms with van der Waals surface area (Å²) in [6.07, 6.45) is 1.38. The number of hydrogen-bond acceptors (Lipinski definition) is 7. The van der Waals surface area contributed by atoms with Crippen LogP contribution in [0.15, 0.2) is 36.5 Å². The lowest BCUT2D eigenvalue weighted by molar-refractivity contribution is 0.100. The molecule has 1 aliphatic rings. The minimum Gasteiger partial charge on any atom is -0.489 e. The molecule has 34 heavy (non-hydrogen) atoms. The zero-order valence-electron chi connectivity index (χ0n) is 19.1. The third-order valence-corrected chi connectivity index (χ3v) is 6.11. The van der Waals surface area contributed by atoms with E-state index < -0.39 is 11.7 Å². The molecule has 1 fully saturated rings. The van der Waals surface area contributed by atoms with E-state index in [4.69, 9.17) is 26.8 Å². The number of nitrogens with one attached hydrogen (secondary N) is 1. The Hall–Kier alpha value is -3.14. The summed E-state index contributed by atoms with van der Waals surface area (Å²) in [6.45, 7) is 4.21. The average Bonchev–Trinajstić information content (AvgIpc) is 2.82. The van der Waals surface area contributed by atoms with Crippen molar-refractivity contribution in [1.29, 1.82) is 0 Å². The van der Waals surface area contributed by atoms with Gasteiger partial charge in [0.1, 0.15) is 12.4 Å². The number of aromatic nitrogens is 1.